The summed E-state index contributed by atoms with van der Waals surface area (Å²) in [5, 5.41) is 10.4. The van der Waals surface area contributed by atoms with E-state index in [1.165, 1.54) is 18.2 Å². The number of nitrogens with zero attached hydrogens (tertiary/aromatic N) is 1. The summed E-state index contributed by atoms with van der Waals surface area (Å²) in [6, 6.07) is 4.15. The Labute approximate surface area is 123 Å². The van der Waals surface area contributed by atoms with Gasteiger partial charge in [0.15, 0.2) is 0 Å². The van der Waals surface area contributed by atoms with Crippen LogP contribution in [0, 0.1) is 5.82 Å². The van der Waals surface area contributed by atoms with Gasteiger partial charge < -0.3 is 5.11 Å². The quantitative estimate of drug-likeness (QED) is 0.433. The Morgan fingerprint density at radius 2 is 2.14 bits per heavy atom. The summed E-state index contributed by atoms with van der Waals surface area (Å²) < 4.78 is 13.9. The first-order chi connectivity index (χ1) is 9.93. The van der Waals surface area contributed by atoms with Crippen molar-refractivity contribution in [3.8, 4) is 0 Å². The van der Waals surface area contributed by atoms with Gasteiger partial charge in [-0.05, 0) is 38.1 Å². The molecule has 0 unspecified atom stereocenters. The van der Waals surface area contributed by atoms with E-state index in [2.05, 4.69) is 0 Å². The summed E-state index contributed by atoms with van der Waals surface area (Å²) in [5.41, 5.74) is 2.10. The van der Waals surface area contributed by atoms with E-state index in [0.717, 1.165) is 25.7 Å². The van der Waals surface area contributed by atoms with Crippen molar-refractivity contribution in [1.29, 1.82) is 0 Å². The minimum Gasteiger partial charge on any atom is -0.389 e. The van der Waals surface area contributed by atoms with E-state index in [1.807, 2.05) is 17.4 Å². The van der Waals surface area contributed by atoms with Gasteiger partial charge in [0, 0.05) is 24.2 Å². The van der Waals surface area contributed by atoms with Crippen LogP contribution in [0.4, 0.5) is 4.39 Å². The SMILES string of the molecule is CN(Cc1cc(C(=O)NN)ccc1F)CC1(O)CCCC1. The Morgan fingerprint density at radius 3 is 2.76 bits per heavy atom. The average molecular weight is 295 g/mol. The number of carbonyl (C=O) groups is 1. The average Bonchev–Trinajstić information content (AvgIpc) is 2.86. The predicted octanol–water partition coefficient (Wildman–Crippen LogP) is 1.17. The first-order valence-electron chi connectivity index (χ1n) is 7.14. The van der Waals surface area contributed by atoms with E-state index in [-0.39, 0.29) is 5.82 Å². The minimum atomic E-state index is -0.669. The van der Waals surface area contributed by atoms with Crippen LogP contribution in [0.2, 0.25) is 0 Å². The highest BCUT2D eigenvalue weighted by Crippen LogP contribution is 2.30. The molecule has 0 aromatic heterocycles. The number of benzene rings is 1. The number of nitrogen functional groups attached to an aromatic ring is 1. The Kier molecular flexibility index (Phi) is 4.92. The maximum Gasteiger partial charge on any atom is 0.265 e. The van der Waals surface area contributed by atoms with Gasteiger partial charge >= 0.3 is 0 Å². The fourth-order valence-corrected chi connectivity index (χ4v) is 2.96. The third-order valence-electron chi connectivity index (χ3n) is 3.98. The van der Waals surface area contributed by atoms with Crippen LogP contribution in [-0.2, 0) is 6.54 Å². The summed E-state index contributed by atoms with van der Waals surface area (Å²) in [7, 11) is 1.84. The first kappa shape index (κ1) is 15.9. The molecule has 0 bridgehead atoms. The molecule has 6 heteroatoms. The van der Waals surface area contributed by atoms with Crippen LogP contribution >= 0.6 is 0 Å². The van der Waals surface area contributed by atoms with Crippen LogP contribution in [0.5, 0.6) is 0 Å². The van der Waals surface area contributed by atoms with Crippen molar-refractivity contribution in [2.45, 2.75) is 37.8 Å². The summed E-state index contributed by atoms with van der Waals surface area (Å²) in [4.78, 5) is 13.4. The molecule has 1 saturated carbocycles. The highest BCUT2D eigenvalue weighted by atomic mass is 19.1. The molecule has 0 radical (unpaired) electrons. The number of halogens is 1. The van der Waals surface area contributed by atoms with Gasteiger partial charge in [0.1, 0.15) is 5.82 Å². The molecule has 1 aromatic carbocycles. The number of hydrogen-bond donors (Lipinski definition) is 3. The summed E-state index contributed by atoms with van der Waals surface area (Å²) in [5.74, 6) is 4.27. The molecule has 0 atom stereocenters. The molecule has 1 aliphatic carbocycles. The molecule has 1 aliphatic rings. The van der Waals surface area contributed by atoms with Gasteiger partial charge in [-0.2, -0.15) is 0 Å². The van der Waals surface area contributed by atoms with Crippen molar-refractivity contribution in [3.63, 3.8) is 0 Å². The predicted molar refractivity (Wildman–Crippen MR) is 77.8 cm³/mol. The molecule has 1 amide bonds. The van der Waals surface area contributed by atoms with E-state index >= 15 is 0 Å². The zero-order chi connectivity index (χ0) is 15.5. The number of rotatable bonds is 5. The lowest BCUT2D eigenvalue weighted by Crippen LogP contribution is -2.39. The van der Waals surface area contributed by atoms with Crippen LogP contribution in [0.15, 0.2) is 18.2 Å². The molecule has 1 aromatic rings. The number of amides is 1. The standard InChI is InChI=1S/C15H22FN3O2/c1-19(10-15(21)6-2-3-7-15)9-12-8-11(14(20)18-17)4-5-13(12)16/h4-5,8,21H,2-3,6-7,9-10,17H2,1H3,(H,18,20). The minimum absolute atomic E-state index is 0.321. The second kappa shape index (κ2) is 6.51. The van der Waals surface area contributed by atoms with Crippen molar-refractivity contribution in [2.75, 3.05) is 13.6 Å². The number of hydrazine groups is 1. The Bertz CT molecular complexity index is 516. The molecule has 0 saturated heterocycles. The van der Waals surface area contributed by atoms with Crippen LogP contribution in [0.3, 0.4) is 0 Å². The molecular weight excluding hydrogens is 273 g/mol. The molecule has 5 nitrogen and oxygen atoms in total. The van der Waals surface area contributed by atoms with E-state index in [0.29, 0.717) is 24.2 Å². The van der Waals surface area contributed by atoms with Gasteiger partial charge in [0.2, 0.25) is 0 Å². The van der Waals surface area contributed by atoms with Crippen LogP contribution < -0.4 is 11.3 Å². The third-order valence-corrected chi connectivity index (χ3v) is 3.98. The maximum atomic E-state index is 13.9. The maximum absolute atomic E-state index is 13.9. The Balaban J connectivity index is 2.05. The van der Waals surface area contributed by atoms with Gasteiger partial charge in [-0.3, -0.25) is 15.1 Å². The number of carbonyl (C=O) groups excluding carboxylic acids is 1. The Hall–Kier alpha value is -1.50. The van der Waals surface area contributed by atoms with Crippen molar-refractivity contribution < 1.29 is 14.3 Å². The van der Waals surface area contributed by atoms with Crippen LogP contribution in [-0.4, -0.2) is 35.1 Å². The zero-order valence-electron chi connectivity index (χ0n) is 12.2. The van der Waals surface area contributed by atoms with Gasteiger partial charge in [-0.15, -0.1) is 0 Å². The van der Waals surface area contributed by atoms with E-state index in [9.17, 15) is 14.3 Å². The van der Waals surface area contributed by atoms with Gasteiger partial charge in [0.25, 0.3) is 5.91 Å². The van der Waals surface area contributed by atoms with E-state index in [1.54, 1.807) is 0 Å². The lowest BCUT2D eigenvalue weighted by Gasteiger charge is -2.28. The number of likely N-dealkylation sites (N-methyl/N-ethyl adjacent to an activating group) is 1. The normalized spacial score (nSPS) is 17.2. The lowest BCUT2D eigenvalue weighted by molar-refractivity contribution is 0.0143. The molecule has 2 rings (SSSR count). The van der Waals surface area contributed by atoms with E-state index < -0.39 is 11.5 Å². The van der Waals surface area contributed by atoms with Crippen LogP contribution in [0.1, 0.15) is 41.6 Å². The summed E-state index contributed by atoms with van der Waals surface area (Å²) in [6.45, 7) is 0.833. The smallest absolute Gasteiger partial charge is 0.265 e. The number of nitrogens with one attached hydrogen (secondary N) is 1. The van der Waals surface area contributed by atoms with Crippen molar-refractivity contribution in [1.82, 2.24) is 10.3 Å². The molecule has 0 aliphatic heterocycles. The fourth-order valence-electron chi connectivity index (χ4n) is 2.96. The topological polar surface area (TPSA) is 78.6 Å². The number of nitrogens with two attached hydrogens (primary N) is 1. The second-order valence-corrected chi connectivity index (χ2v) is 5.88. The molecule has 21 heavy (non-hydrogen) atoms. The summed E-state index contributed by atoms with van der Waals surface area (Å²) >= 11 is 0. The van der Waals surface area contributed by atoms with E-state index in [4.69, 9.17) is 5.84 Å². The molecular formula is C15H22FN3O2. The first-order valence-corrected chi connectivity index (χ1v) is 7.14. The molecule has 116 valence electrons. The zero-order valence-corrected chi connectivity index (χ0v) is 12.2. The molecule has 4 N–H and O–H groups in total. The molecule has 0 heterocycles. The van der Waals surface area contributed by atoms with Gasteiger partial charge in [-0.1, -0.05) is 12.8 Å². The summed E-state index contributed by atoms with van der Waals surface area (Å²) in [6.07, 6.45) is 3.64. The fraction of sp³-hybridized carbons (Fsp3) is 0.533. The largest absolute Gasteiger partial charge is 0.389 e. The van der Waals surface area contributed by atoms with Crippen molar-refractivity contribution in [2.24, 2.45) is 5.84 Å². The van der Waals surface area contributed by atoms with Crippen LogP contribution in [0.25, 0.3) is 0 Å². The Morgan fingerprint density at radius 1 is 1.48 bits per heavy atom. The van der Waals surface area contributed by atoms with Crippen molar-refractivity contribution >= 4 is 5.91 Å². The second-order valence-electron chi connectivity index (χ2n) is 5.88. The third kappa shape index (κ3) is 4.00. The number of aliphatic hydroxyl groups is 1. The highest BCUT2D eigenvalue weighted by molar-refractivity contribution is 5.93. The lowest BCUT2D eigenvalue weighted by atomic mass is 10.0. The molecule has 1 fully saturated rings. The van der Waals surface area contributed by atoms with Gasteiger partial charge in [0.05, 0.1) is 5.60 Å². The van der Waals surface area contributed by atoms with Crippen molar-refractivity contribution in [3.05, 3.63) is 35.1 Å². The highest BCUT2D eigenvalue weighted by Gasteiger charge is 2.32. The molecule has 0 spiro atoms. The van der Waals surface area contributed by atoms with Gasteiger partial charge in [-0.25, -0.2) is 10.2 Å². The number of hydrogen-bond acceptors (Lipinski definition) is 4. The monoisotopic (exact) mass is 295 g/mol.